The maximum absolute atomic E-state index is 6.02. The Morgan fingerprint density at radius 1 is 1.17 bits per heavy atom. The molecule has 0 bridgehead atoms. The lowest BCUT2D eigenvalue weighted by Crippen LogP contribution is -2.55. The summed E-state index contributed by atoms with van der Waals surface area (Å²) in [5.74, 6) is 0. The molecule has 4 nitrogen and oxygen atoms in total. The van der Waals surface area contributed by atoms with Gasteiger partial charge in [-0.1, -0.05) is 15.9 Å². The molecule has 0 aromatic carbocycles. The Labute approximate surface area is 119 Å². The van der Waals surface area contributed by atoms with E-state index in [-0.39, 0.29) is 5.60 Å². The monoisotopic (exact) mass is 320 g/mol. The second kappa shape index (κ2) is 6.66. The van der Waals surface area contributed by atoms with Crippen molar-refractivity contribution in [2.24, 2.45) is 0 Å². The van der Waals surface area contributed by atoms with Crippen molar-refractivity contribution in [3.8, 4) is 0 Å². The highest BCUT2D eigenvalue weighted by Crippen LogP contribution is 2.21. The summed E-state index contributed by atoms with van der Waals surface area (Å²) in [5.41, 5.74) is -0.0261. The van der Waals surface area contributed by atoms with E-state index in [0.717, 1.165) is 57.8 Å². The zero-order valence-corrected chi connectivity index (χ0v) is 13.1. The quantitative estimate of drug-likeness (QED) is 0.727. The Kier molecular flexibility index (Phi) is 5.45. The molecule has 0 aromatic heterocycles. The molecule has 0 radical (unpaired) electrons. The molecular formula is C13H25BrN2O2. The van der Waals surface area contributed by atoms with Crippen LogP contribution in [0.25, 0.3) is 0 Å². The fourth-order valence-corrected chi connectivity index (χ4v) is 3.11. The molecule has 0 aromatic rings. The van der Waals surface area contributed by atoms with Crippen molar-refractivity contribution < 1.29 is 9.47 Å². The number of halogens is 1. The lowest BCUT2D eigenvalue weighted by molar-refractivity contribution is -0.127. The standard InChI is InChI=1S/C13H25BrN2O2/c1-13(2)11-16(10-12(9-14)18-13)4-3-15-5-7-17-8-6-15/h12H,3-11H2,1-2H3. The van der Waals surface area contributed by atoms with Gasteiger partial charge in [0.15, 0.2) is 0 Å². The number of morpholine rings is 2. The largest absolute Gasteiger partial charge is 0.379 e. The summed E-state index contributed by atoms with van der Waals surface area (Å²) in [7, 11) is 0. The number of rotatable bonds is 4. The van der Waals surface area contributed by atoms with Gasteiger partial charge in [-0.3, -0.25) is 9.80 Å². The molecule has 0 saturated carbocycles. The van der Waals surface area contributed by atoms with Crippen LogP contribution in [-0.2, 0) is 9.47 Å². The predicted molar refractivity (Wildman–Crippen MR) is 76.4 cm³/mol. The van der Waals surface area contributed by atoms with Crippen LogP contribution in [0.4, 0.5) is 0 Å². The highest BCUT2D eigenvalue weighted by molar-refractivity contribution is 9.09. The Morgan fingerprint density at radius 3 is 2.50 bits per heavy atom. The van der Waals surface area contributed by atoms with E-state index in [9.17, 15) is 0 Å². The molecule has 106 valence electrons. The van der Waals surface area contributed by atoms with Gasteiger partial charge in [0.05, 0.1) is 24.9 Å². The van der Waals surface area contributed by atoms with Crippen LogP contribution in [0.5, 0.6) is 0 Å². The van der Waals surface area contributed by atoms with Crippen molar-refractivity contribution in [3.63, 3.8) is 0 Å². The van der Waals surface area contributed by atoms with Crippen LogP contribution in [0.2, 0.25) is 0 Å². The minimum atomic E-state index is -0.0261. The second-order valence-electron chi connectivity index (χ2n) is 5.84. The summed E-state index contributed by atoms with van der Waals surface area (Å²) < 4.78 is 11.4. The Morgan fingerprint density at radius 2 is 1.83 bits per heavy atom. The SMILES string of the molecule is CC1(C)CN(CCN2CCOCC2)CC(CBr)O1. The summed E-state index contributed by atoms with van der Waals surface area (Å²) in [5, 5.41) is 0.921. The molecule has 2 rings (SSSR count). The molecule has 2 heterocycles. The van der Waals surface area contributed by atoms with Crippen LogP contribution in [-0.4, -0.2) is 79.3 Å². The summed E-state index contributed by atoms with van der Waals surface area (Å²) >= 11 is 3.54. The van der Waals surface area contributed by atoms with Crippen molar-refractivity contribution in [1.82, 2.24) is 9.80 Å². The van der Waals surface area contributed by atoms with Gasteiger partial charge in [0.1, 0.15) is 0 Å². The molecule has 0 aliphatic carbocycles. The second-order valence-corrected chi connectivity index (χ2v) is 6.49. The van der Waals surface area contributed by atoms with Gasteiger partial charge in [-0.2, -0.15) is 0 Å². The zero-order valence-electron chi connectivity index (χ0n) is 11.5. The third-order valence-electron chi connectivity index (χ3n) is 3.56. The molecular weight excluding hydrogens is 296 g/mol. The number of nitrogens with zero attached hydrogens (tertiary/aromatic N) is 2. The maximum atomic E-state index is 6.02. The smallest absolute Gasteiger partial charge is 0.0806 e. The van der Waals surface area contributed by atoms with Gasteiger partial charge in [-0.25, -0.2) is 0 Å². The lowest BCUT2D eigenvalue weighted by Gasteiger charge is -2.43. The van der Waals surface area contributed by atoms with Crippen molar-refractivity contribution >= 4 is 15.9 Å². The van der Waals surface area contributed by atoms with Gasteiger partial charge in [-0.15, -0.1) is 0 Å². The van der Waals surface area contributed by atoms with Gasteiger partial charge in [0, 0.05) is 44.6 Å². The molecule has 0 spiro atoms. The average molecular weight is 321 g/mol. The first-order chi connectivity index (χ1) is 8.59. The summed E-state index contributed by atoms with van der Waals surface area (Å²) in [4.78, 5) is 5.03. The van der Waals surface area contributed by atoms with Crippen molar-refractivity contribution in [2.75, 3.05) is 57.8 Å². The highest BCUT2D eigenvalue weighted by Gasteiger charge is 2.32. The van der Waals surface area contributed by atoms with Gasteiger partial charge in [0.25, 0.3) is 0 Å². The molecule has 2 fully saturated rings. The predicted octanol–water partition coefficient (Wildman–Crippen LogP) is 1.19. The maximum Gasteiger partial charge on any atom is 0.0806 e. The molecule has 18 heavy (non-hydrogen) atoms. The Hall–Kier alpha value is 0.320. The van der Waals surface area contributed by atoms with Crippen LogP contribution in [0.15, 0.2) is 0 Å². The van der Waals surface area contributed by atoms with Gasteiger partial charge in [-0.05, 0) is 13.8 Å². The van der Waals surface area contributed by atoms with Gasteiger partial charge >= 0.3 is 0 Å². The normalized spacial score (nSPS) is 30.5. The minimum absolute atomic E-state index is 0.0261. The fourth-order valence-electron chi connectivity index (χ4n) is 2.78. The molecule has 5 heteroatoms. The van der Waals surface area contributed by atoms with E-state index >= 15 is 0 Å². The Bertz CT molecular complexity index is 257. The molecule has 2 aliphatic rings. The first kappa shape index (κ1) is 14.7. The fraction of sp³-hybridized carbons (Fsp3) is 1.00. The van der Waals surface area contributed by atoms with E-state index in [1.807, 2.05) is 0 Å². The molecule has 0 amide bonds. The molecule has 2 saturated heterocycles. The molecule has 0 N–H and O–H groups in total. The van der Waals surface area contributed by atoms with Crippen LogP contribution < -0.4 is 0 Å². The van der Waals surface area contributed by atoms with Gasteiger partial charge < -0.3 is 9.47 Å². The van der Waals surface area contributed by atoms with Crippen LogP contribution in [0.3, 0.4) is 0 Å². The van der Waals surface area contributed by atoms with E-state index in [2.05, 4.69) is 39.6 Å². The third-order valence-corrected chi connectivity index (χ3v) is 4.28. The summed E-state index contributed by atoms with van der Waals surface area (Å²) in [6.45, 7) is 12.7. The number of ether oxygens (including phenoxy) is 2. The molecule has 1 atom stereocenters. The zero-order chi connectivity index (χ0) is 13.0. The molecule has 2 aliphatic heterocycles. The van der Waals surface area contributed by atoms with E-state index in [4.69, 9.17) is 9.47 Å². The van der Waals surface area contributed by atoms with Crippen LogP contribution in [0.1, 0.15) is 13.8 Å². The average Bonchev–Trinajstić information content (AvgIpc) is 2.36. The first-order valence-electron chi connectivity index (χ1n) is 6.85. The van der Waals surface area contributed by atoms with Crippen molar-refractivity contribution in [1.29, 1.82) is 0 Å². The summed E-state index contributed by atoms with van der Waals surface area (Å²) in [6, 6.07) is 0. The van der Waals surface area contributed by atoms with E-state index < -0.39 is 0 Å². The van der Waals surface area contributed by atoms with E-state index in [1.54, 1.807) is 0 Å². The lowest BCUT2D eigenvalue weighted by atomic mass is 10.1. The number of hydrogen-bond donors (Lipinski definition) is 0. The van der Waals surface area contributed by atoms with Crippen molar-refractivity contribution in [3.05, 3.63) is 0 Å². The minimum Gasteiger partial charge on any atom is -0.379 e. The first-order valence-corrected chi connectivity index (χ1v) is 7.97. The van der Waals surface area contributed by atoms with E-state index in [0.29, 0.717) is 6.10 Å². The van der Waals surface area contributed by atoms with Gasteiger partial charge in [0.2, 0.25) is 0 Å². The number of hydrogen-bond acceptors (Lipinski definition) is 4. The van der Waals surface area contributed by atoms with Crippen LogP contribution in [0, 0.1) is 0 Å². The third kappa shape index (κ3) is 4.46. The van der Waals surface area contributed by atoms with E-state index in [1.165, 1.54) is 0 Å². The summed E-state index contributed by atoms with van der Waals surface area (Å²) in [6.07, 6.45) is 0.318. The van der Waals surface area contributed by atoms with Crippen molar-refractivity contribution in [2.45, 2.75) is 25.6 Å². The van der Waals surface area contributed by atoms with Crippen LogP contribution >= 0.6 is 15.9 Å². The highest BCUT2D eigenvalue weighted by atomic mass is 79.9. The molecule has 1 unspecified atom stereocenters. The number of alkyl halides is 1. The Balaban J connectivity index is 1.77. The topological polar surface area (TPSA) is 24.9 Å².